The van der Waals surface area contributed by atoms with Crippen molar-refractivity contribution in [3.8, 4) is 11.8 Å². The van der Waals surface area contributed by atoms with E-state index in [0.29, 0.717) is 22.7 Å². The minimum Gasteiger partial charge on any atom is -0.495 e. The van der Waals surface area contributed by atoms with Crippen molar-refractivity contribution >= 4 is 17.3 Å². The summed E-state index contributed by atoms with van der Waals surface area (Å²) in [4.78, 5) is 14.5. The molecule has 6 nitrogen and oxygen atoms in total. The van der Waals surface area contributed by atoms with E-state index in [4.69, 9.17) is 15.1 Å². The van der Waals surface area contributed by atoms with E-state index in [1.165, 1.54) is 19.4 Å². The van der Waals surface area contributed by atoms with Gasteiger partial charge in [-0.25, -0.2) is 9.78 Å². The number of hydrogen-bond donors (Lipinski definition) is 2. The van der Waals surface area contributed by atoms with Gasteiger partial charge in [-0.15, -0.1) is 0 Å². The molecule has 0 spiro atoms. The maximum absolute atomic E-state index is 10.7. The van der Waals surface area contributed by atoms with Crippen LogP contribution in [0.1, 0.15) is 16.1 Å². The van der Waals surface area contributed by atoms with E-state index in [1.807, 2.05) is 6.07 Å². The number of carboxylic acid groups (broad SMARTS) is 1. The van der Waals surface area contributed by atoms with Crippen molar-refractivity contribution in [3.63, 3.8) is 0 Å². The smallest absolute Gasteiger partial charge is 0.354 e. The van der Waals surface area contributed by atoms with Crippen LogP contribution in [0.5, 0.6) is 5.75 Å². The van der Waals surface area contributed by atoms with Crippen LogP contribution in [0.4, 0.5) is 11.4 Å². The first-order chi connectivity index (χ1) is 9.63. The summed E-state index contributed by atoms with van der Waals surface area (Å²) in [5, 5.41) is 20.7. The van der Waals surface area contributed by atoms with Crippen LogP contribution >= 0.6 is 0 Å². The molecular weight excluding hydrogens is 258 g/mol. The van der Waals surface area contributed by atoms with Crippen LogP contribution in [-0.4, -0.2) is 23.2 Å². The Morgan fingerprint density at radius 1 is 1.40 bits per heavy atom. The highest BCUT2D eigenvalue weighted by Gasteiger charge is 2.07. The molecule has 0 saturated heterocycles. The first-order valence-corrected chi connectivity index (χ1v) is 5.68. The van der Waals surface area contributed by atoms with Gasteiger partial charge in [-0.2, -0.15) is 5.26 Å². The molecule has 20 heavy (non-hydrogen) atoms. The van der Waals surface area contributed by atoms with Crippen LogP contribution in [0, 0.1) is 11.3 Å². The fraction of sp³-hybridized carbons (Fsp3) is 0.0714. The van der Waals surface area contributed by atoms with Crippen molar-refractivity contribution in [3.05, 3.63) is 47.8 Å². The van der Waals surface area contributed by atoms with Crippen LogP contribution in [0.25, 0.3) is 0 Å². The van der Waals surface area contributed by atoms with Gasteiger partial charge in [0.25, 0.3) is 0 Å². The number of anilines is 2. The van der Waals surface area contributed by atoms with Gasteiger partial charge >= 0.3 is 5.97 Å². The first-order valence-electron chi connectivity index (χ1n) is 5.68. The number of nitriles is 1. The zero-order valence-electron chi connectivity index (χ0n) is 10.6. The third kappa shape index (κ3) is 2.84. The second-order valence-electron chi connectivity index (χ2n) is 3.89. The third-order valence-corrected chi connectivity index (χ3v) is 2.59. The fourth-order valence-electron chi connectivity index (χ4n) is 1.61. The highest BCUT2D eigenvalue weighted by atomic mass is 16.5. The minimum absolute atomic E-state index is 0.0256. The van der Waals surface area contributed by atoms with Gasteiger partial charge < -0.3 is 15.2 Å². The van der Waals surface area contributed by atoms with Gasteiger partial charge in [0, 0.05) is 6.07 Å². The molecule has 6 heteroatoms. The Balaban J connectivity index is 2.25. The second-order valence-corrected chi connectivity index (χ2v) is 3.89. The lowest BCUT2D eigenvalue weighted by Gasteiger charge is -2.11. The van der Waals surface area contributed by atoms with Crippen LogP contribution in [0.15, 0.2) is 36.5 Å². The molecule has 0 fully saturated rings. The molecule has 0 radical (unpaired) electrons. The fourth-order valence-corrected chi connectivity index (χ4v) is 1.61. The van der Waals surface area contributed by atoms with Gasteiger partial charge in [-0.3, -0.25) is 0 Å². The second kappa shape index (κ2) is 5.71. The minimum atomic E-state index is -1.08. The summed E-state index contributed by atoms with van der Waals surface area (Å²) in [5.41, 5.74) is 1.75. The van der Waals surface area contributed by atoms with Gasteiger partial charge in [0.15, 0.2) is 0 Å². The SMILES string of the molecule is COc1cc(C#N)ccc1Nc1ccc(C(=O)O)nc1. The molecule has 0 saturated carbocycles. The van der Waals surface area contributed by atoms with Crippen molar-refractivity contribution in [2.24, 2.45) is 0 Å². The molecule has 2 rings (SSSR count). The molecule has 0 atom stereocenters. The van der Waals surface area contributed by atoms with Gasteiger partial charge in [-0.05, 0) is 24.3 Å². The maximum atomic E-state index is 10.7. The number of pyridine rings is 1. The summed E-state index contributed by atoms with van der Waals surface area (Å²) in [7, 11) is 1.51. The summed E-state index contributed by atoms with van der Waals surface area (Å²) in [6.45, 7) is 0. The van der Waals surface area contributed by atoms with Crippen LogP contribution in [-0.2, 0) is 0 Å². The summed E-state index contributed by atoms with van der Waals surface area (Å²) in [6, 6.07) is 10.0. The van der Waals surface area contributed by atoms with E-state index < -0.39 is 5.97 Å². The van der Waals surface area contributed by atoms with Crippen molar-refractivity contribution in [2.75, 3.05) is 12.4 Å². The molecule has 1 aromatic heterocycles. The molecule has 2 aromatic rings. The molecular formula is C14H11N3O3. The highest BCUT2D eigenvalue weighted by molar-refractivity contribution is 5.85. The van der Waals surface area contributed by atoms with E-state index in [0.717, 1.165) is 0 Å². The molecule has 0 bridgehead atoms. The zero-order chi connectivity index (χ0) is 14.5. The van der Waals surface area contributed by atoms with Crippen molar-refractivity contribution in [2.45, 2.75) is 0 Å². The number of carboxylic acids is 1. The summed E-state index contributed by atoms with van der Waals surface area (Å²) >= 11 is 0. The lowest BCUT2D eigenvalue weighted by molar-refractivity contribution is 0.0690. The number of nitrogens with one attached hydrogen (secondary N) is 1. The largest absolute Gasteiger partial charge is 0.495 e. The molecule has 0 amide bonds. The Morgan fingerprint density at radius 3 is 2.75 bits per heavy atom. The lowest BCUT2D eigenvalue weighted by Crippen LogP contribution is -2.01. The Morgan fingerprint density at radius 2 is 2.20 bits per heavy atom. The molecule has 0 aliphatic carbocycles. The number of ether oxygens (including phenoxy) is 1. The van der Waals surface area contributed by atoms with E-state index in [-0.39, 0.29) is 5.69 Å². The summed E-state index contributed by atoms with van der Waals surface area (Å²) < 4.78 is 5.19. The molecule has 1 aromatic carbocycles. The number of methoxy groups -OCH3 is 1. The number of rotatable bonds is 4. The quantitative estimate of drug-likeness (QED) is 0.884. The predicted octanol–water partition coefficient (Wildman–Crippen LogP) is 2.40. The maximum Gasteiger partial charge on any atom is 0.354 e. The Hall–Kier alpha value is -3.07. The molecule has 0 unspecified atom stereocenters. The molecule has 0 aliphatic heterocycles. The highest BCUT2D eigenvalue weighted by Crippen LogP contribution is 2.28. The number of hydrogen-bond acceptors (Lipinski definition) is 5. The number of benzene rings is 1. The van der Waals surface area contributed by atoms with Crippen molar-refractivity contribution in [1.29, 1.82) is 5.26 Å². The number of aromatic carboxylic acids is 1. The van der Waals surface area contributed by atoms with E-state index in [9.17, 15) is 4.79 Å². The topological polar surface area (TPSA) is 95.2 Å². The normalized spacial score (nSPS) is 9.60. The van der Waals surface area contributed by atoms with Crippen LogP contribution < -0.4 is 10.1 Å². The van der Waals surface area contributed by atoms with Crippen LogP contribution in [0.3, 0.4) is 0 Å². The monoisotopic (exact) mass is 269 g/mol. The molecule has 2 N–H and O–H groups in total. The molecule has 100 valence electrons. The number of carbonyl (C=O) groups is 1. The predicted molar refractivity (Wildman–Crippen MR) is 72.2 cm³/mol. The summed E-state index contributed by atoms with van der Waals surface area (Å²) in [6.07, 6.45) is 1.42. The van der Waals surface area contributed by atoms with Gasteiger partial charge in [0.05, 0.1) is 36.3 Å². The van der Waals surface area contributed by atoms with Crippen molar-refractivity contribution in [1.82, 2.24) is 4.98 Å². The summed E-state index contributed by atoms with van der Waals surface area (Å²) in [5.74, 6) is -0.557. The average Bonchev–Trinajstić information content (AvgIpc) is 2.48. The van der Waals surface area contributed by atoms with Gasteiger partial charge in [0.1, 0.15) is 11.4 Å². The van der Waals surface area contributed by atoms with Gasteiger partial charge in [0.2, 0.25) is 0 Å². The Labute approximate surface area is 115 Å². The first kappa shape index (κ1) is 13.4. The molecule has 0 aliphatic rings. The number of aromatic nitrogens is 1. The van der Waals surface area contributed by atoms with Gasteiger partial charge in [-0.1, -0.05) is 0 Å². The zero-order valence-corrected chi connectivity index (χ0v) is 10.6. The van der Waals surface area contributed by atoms with E-state index in [1.54, 1.807) is 24.3 Å². The Bertz CT molecular complexity index is 675. The standard InChI is InChI=1S/C14H11N3O3/c1-20-13-6-9(7-15)2-4-11(13)17-10-3-5-12(14(18)19)16-8-10/h2-6,8,17H,1H3,(H,18,19). The van der Waals surface area contributed by atoms with Crippen molar-refractivity contribution < 1.29 is 14.6 Å². The van der Waals surface area contributed by atoms with E-state index in [2.05, 4.69) is 10.3 Å². The number of nitrogens with zero attached hydrogens (tertiary/aromatic N) is 2. The lowest BCUT2D eigenvalue weighted by atomic mass is 10.2. The molecule has 1 heterocycles. The third-order valence-electron chi connectivity index (χ3n) is 2.59. The average molecular weight is 269 g/mol. The van der Waals surface area contributed by atoms with Crippen LogP contribution in [0.2, 0.25) is 0 Å². The Kier molecular flexibility index (Phi) is 3.82. The van der Waals surface area contributed by atoms with E-state index >= 15 is 0 Å².